The van der Waals surface area contributed by atoms with Crippen molar-refractivity contribution in [3.8, 4) is 0 Å². The summed E-state index contributed by atoms with van der Waals surface area (Å²) in [6.45, 7) is 0. The van der Waals surface area contributed by atoms with Crippen LogP contribution in [0.3, 0.4) is 0 Å². The molecule has 0 saturated heterocycles. The van der Waals surface area contributed by atoms with E-state index in [-0.39, 0.29) is 11.7 Å². The highest BCUT2D eigenvalue weighted by Gasteiger charge is 2.26. The number of aromatic nitrogens is 2. The summed E-state index contributed by atoms with van der Waals surface area (Å²) in [5.74, 6) is 0.391. The van der Waals surface area contributed by atoms with Gasteiger partial charge >= 0.3 is 0 Å². The number of hydrogen-bond acceptors (Lipinski definition) is 3. The Kier molecular flexibility index (Phi) is 2.35. The van der Waals surface area contributed by atoms with Crippen molar-refractivity contribution in [2.45, 2.75) is 25.7 Å². The molecule has 1 fully saturated rings. The van der Waals surface area contributed by atoms with Gasteiger partial charge in [0.05, 0.1) is 5.39 Å². The smallest absolute Gasteiger partial charge is 0.168 e. The van der Waals surface area contributed by atoms with Crippen LogP contribution in [0.25, 0.3) is 11.0 Å². The molecular weight excluding hydrogens is 214 g/mol. The highest BCUT2D eigenvalue weighted by Crippen LogP contribution is 2.31. The van der Waals surface area contributed by atoms with Crippen molar-refractivity contribution in [2.75, 3.05) is 5.73 Å². The predicted molar refractivity (Wildman–Crippen MR) is 66.8 cm³/mol. The number of hydrogen-bond donors (Lipinski definition) is 2. The maximum absolute atomic E-state index is 12.4. The summed E-state index contributed by atoms with van der Waals surface area (Å²) < 4.78 is 0. The van der Waals surface area contributed by atoms with E-state index >= 15 is 0 Å². The molecule has 1 saturated carbocycles. The summed E-state index contributed by atoms with van der Waals surface area (Å²) in [4.78, 5) is 19.6. The number of nitrogen functional groups attached to an aromatic ring is 1. The van der Waals surface area contributed by atoms with Crippen LogP contribution in [0.4, 0.5) is 5.69 Å². The first-order valence-corrected chi connectivity index (χ1v) is 6.03. The molecule has 1 aliphatic carbocycles. The number of nitrogens with two attached hydrogens (primary N) is 1. The Morgan fingerprint density at radius 2 is 2.18 bits per heavy atom. The number of carbonyl (C=O) groups excluding carboxylic acids is 1. The molecule has 1 aliphatic rings. The largest absolute Gasteiger partial charge is 0.398 e. The number of pyridine rings is 1. The maximum atomic E-state index is 12.4. The summed E-state index contributed by atoms with van der Waals surface area (Å²) in [6.07, 6.45) is 7.73. The molecule has 3 N–H and O–H groups in total. The van der Waals surface area contributed by atoms with Gasteiger partial charge in [-0.3, -0.25) is 4.79 Å². The van der Waals surface area contributed by atoms with Gasteiger partial charge in [0.15, 0.2) is 5.78 Å². The monoisotopic (exact) mass is 229 g/mol. The standard InChI is InChI=1S/C13H15N3O/c14-10-5-6-15-13-11(10)9(7-16-13)12(17)8-3-1-2-4-8/h5-8H,1-4H2,(H3,14,15,16). The van der Waals surface area contributed by atoms with E-state index in [9.17, 15) is 4.79 Å². The molecule has 2 aromatic rings. The van der Waals surface area contributed by atoms with E-state index in [4.69, 9.17) is 5.73 Å². The van der Waals surface area contributed by atoms with E-state index in [0.717, 1.165) is 31.1 Å². The lowest BCUT2D eigenvalue weighted by molar-refractivity contribution is 0.0924. The van der Waals surface area contributed by atoms with E-state index in [1.165, 1.54) is 0 Å². The van der Waals surface area contributed by atoms with E-state index in [1.807, 2.05) is 0 Å². The Bertz CT molecular complexity index is 567. The van der Waals surface area contributed by atoms with Crippen molar-refractivity contribution in [3.63, 3.8) is 0 Å². The van der Waals surface area contributed by atoms with Crippen LogP contribution in [0, 0.1) is 5.92 Å². The number of nitrogens with zero attached hydrogens (tertiary/aromatic N) is 1. The number of carbonyl (C=O) groups is 1. The van der Waals surface area contributed by atoms with Gasteiger partial charge in [0.1, 0.15) is 5.65 Å². The van der Waals surface area contributed by atoms with Crippen LogP contribution < -0.4 is 5.73 Å². The zero-order chi connectivity index (χ0) is 11.8. The minimum atomic E-state index is 0.175. The van der Waals surface area contributed by atoms with Gasteiger partial charge in [0, 0.05) is 29.6 Å². The molecule has 4 heteroatoms. The molecule has 0 aliphatic heterocycles. The molecule has 2 aromatic heterocycles. The van der Waals surface area contributed by atoms with Crippen molar-refractivity contribution < 1.29 is 4.79 Å². The number of aromatic amines is 1. The minimum absolute atomic E-state index is 0.175. The average molecular weight is 229 g/mol. The lowest BCUT2D eigenvalue weighted by atomic mass is 9.96. The number of Topliss-reactive ketones (excluding diaryl/α,β-unsaturated/α-hetero) is 1. The Morgan fingerprint density at radius 3 is 2.94 bits per heavy atom. The van der Waals surface area contributed by atoms with Crippen molar-refractivity contribution in [1.82, 2.24) is 9.97 Å². The molecular formula is C13H15N3O. The molecule has 0 spiro atoms. The third-order valence-electron chi connectivity index (χ3n) is 3.60. The number of fused-ring (bicyclic) bond motifs is 1. The highest BCUT2D eigenvalue weighted by molar-refractivity contribution is 6.11. The van der Waals surface area contributed by atoms with Gasteiger partial charge in [-0.15, -0.1) is 0 Å². The zero-order valence-electron chi connectivity index (χ0n) is 9.57. The predicted octanol–water partition coefficient (Wildman–Crippen LogP) is 2.52. The SMILES string of the molecule is Nc1ccnc2[nH]cc(C(=O)C3CCCC3)c12. The Morgan fingerprint density at radius 1 is 1.41 bits per heavy atom. The quantitative estimate of drug-likeness (QED) is 0.777. The number of anilines is 1. The molecule has 4 nitrogen and oxygen atoms in total. The second-order valence-electron chi connectivity index (χ2n) is 4.67. The van der Waals surface area contributed by atoms with E-state index in [0.29, 0.717) is 16.9 Å². The molecule has 17 heavy (non-hydrogen) atoms. The number of ketones is 1. The van der Waals surface area contributed by atoms with Gasteiger partial charge < -0.3 is 10.7 Å². The molecule has 0 atom stereocenters. The first-order valence-electron chi connectivity index (χ1n) is 6.03. The second kappa shape index (κ2) is 3.87. The van der Waals surface area contributed by atoms with Crippen LogP contribution in [0.2, 0.25) is 0 Å². The van der Waals surface area contributed by atoms with E-state index in [1.54, 1.807) is 18.5 Å². The summed E-state index contributed by atoms with van der Waals surface area (Å²) >= 11 is 0. The van der Waals surface area contributed by atoms with Gasteiger partial charge in [-0.1, -0.05) is 12.8 Å². The fourth-order valence-corrected chi connectivity index (χ4v) is 2.68. The molecule has 3 rings (SSSR count). The molecule has 0 unspecified atom stereocenters. The molecule has 0 radical (unpaired) electrons. The van der Waals surface area contributed by atoms with Gasteiger partial charge in [0.25, 0.3) is 0 Å². The minimum Gasteiger partial charge on any atom is -0.398 e. The Hall–Kier alpha value is -1.84. The third-order valence-corrected chi connectivity index (χ3v) is 3.60. The molecule has 0 bridgehead atoms. The first kappa shape index (κ1) is 10.3. The lowest BCUT2D eigenvalue weighted by Gasteiger charge is -2.07. The topological polar surface area (TPSA) is 71.8 Å². The molecule has 0 aromatic carbocycles. The summed E-state index contributed by atoms with van der Waals surface area (Å²) in [5, 5.41) is 0.782. The van der Waals surface area contributed by atoms with Crippen LogP contribution in [0.1, 0.15) is 36.0 Å². The summed E-state index contributed by atoms with van der Waals surface area (Å²) in [7, 11) is 0. The number of H-pyrrole nitrogens is 1. The fraction of sp³-hybridized carbons (Fsp3) is 0.385. The summed E-state index contributed by atoms with van der Waals surface area (Å²) in [6, 6.07) is 1.74. The van der Waals surface area contributed by atoms with Crippen molar-refractivity contribution in [1.29, 1.82) is 0 Å². The third kappa shape index (κ3) is 1.60. The van der Waals surface area contributed by atoms with Crippen LogP contribution >= 0.6 is 0 Å². The Balaban J connectivity index is 2.08. The Labute approximate surface area is 99.2 Å². The highest BCUT2D eigenvalue weighted by atomic mass is 16.1. The number of rotatable bonds is 2. The van der Waals surface area contributed by atoms with Gasteiger partial charge in [-0.2, -0.15) is 0 Å². The average Bonchev–Trinajstić information content (AvgIpc) is 2.98. The van der Waals surface area contributed by atoms with Crippen molar-refractivity contribution in [3.05, 3.63) is 24.0 Å². The second-order valence-corrected chi connectivity index (χ2v) is 4.67. The first-order chi connectivity index (χ1) is 8.27. The van der Waals surface area contributed by atoms with Crippen LogP contribution in [0.5, 0.6) is 0 Å². The maximum Gasteiger partial charge on any atom is 0.168 e. The van der Waals surface area contributed by atoms with Crippen molar-refractivity contribution >= 4 is 22.5 Å². The van der Waals surface area contributed by atoms with Gasteiger partial charge in [-0.05, 0) is 18.9 Å². The lowest BCUT2D eigenvalue weighted by Crippen LogP contribution is -2.10. The molecule has 2 heterocycles. The summed E-state index contributed by atoms with van der Waals surface area (Å²) in [5.41, 5.74) is 7.95. The van der Waals surface area contributed by atoms with E-state index < -0.39 is 0 Å². The normalized spacial score (nSPS) is 16.7. The van der Waals surface area contributed by atoms with Crippen molar-refractivity contribution in [2.24, 2.45) is 5.92 Å². The van der Waals surface area contributed by atoms with Crippen LogP contribution in [0.15, 0.2) is 18.5 Å². The molecule has 0 amide bonds. The van der Waals surface area contributed by atoms with Crippen LogP contribution in [-0.2, 0) is 0 Å². The van der Waals surface area contributed by atoms with E-state index in [2.05, 4.69) is 9.97 Å². The van der Waals surface area contributed by atoms with Crippen LogP contribution in [-0.4, -0.2) is 15.8 Å². The zero-order valence-corrected chi connectivity index (χ0v) is 9.57. The van der Waals surface area contributed by atoms with Gasteiger partial charge in [0.2, 0.25) is 0 Å². The fourth-order valence-electron chi connectivity index (χ4n) is 2.68. The molecule has 88 valence electrons. The van der Waals surface area contributed by atoms with Gasteiger partial charge in [-0.25, -0.2) is 4.98 Å². The number of nitrogens with one attached hydrogen (secondary N) is 1.